The Morgan fingerprint density at radius 3 is 1.62 bits per heavy atom. The quantitative estimate of drug-likeness (QED) is 0.158. The van der Waals surface area contributed by atoms with Crippen LogP contribution in [0.25, 0.3) is 0 Å². The van der Waals surface area contributed by atoms with Gasteiger partial charge in [-0.25, -0.2) is 4.79 Å². The van der Waals surface area contributed by atoms with Gasteiger partial charge in [-0.15, -0.1) is 0 Å². The molecule has 0 saturated carbocycles. The lowest BCUT2D eigenvalue weighted by molar-refractivity contribution is -0.145. The lowest BCUT2D eigenvalue weighted by atomic mass is 9.97. The number of carboxylic acid groups (broad SMARTS) is 1. The zero-order valence-corrected chi connectivity index (χ0v) is 17.0. The van der Waals surface area contributed by atoms with Gasteiger partial charge >= 0.3 is 5.97 Å². The fraction of sp³-hybridized carbons (Fsp3) is 0.765. The number of carboxylic acids is 1. The van der Waals surface area contributed by atoms with E-state index in [0.717, 1.165) is 0 Å². The van der Waals surface area contributed by atoms with E-state index in [9.17, 15) is 29.4 Å². The van der Waals surface area contributed by atoms with Crippen molar-refractivity contribution in [1.29, 1.82) is 0 Å². The van der Waals surface area contributed by atoms with Gasteiger partial charge in [0.2, 0.25) is 17.7 Å². The summed E-state index contributed by atoms with van der Waals surface area (Å²) in [6.07, 6.45) is -2.30. The summed E-state index contributed by atoms with van der Waals surface area (Å²) in [5.41, 5.74) is 5.38. The minimum Gasteiger partial charge on any atom is -0.480 e. The number of hydrogen-bond donors (Lipinski definition) is 8. The molecule has 0 aliphatic carbocycles. The first-order valence-electron chi connectivity index (χ1n) is 9.23. The maximum absolute atomic E-state index is 12.6. The second kappa shape index (κ2) is 12.3. The van der Waals surface area contributed by atoms with E-state index in [1.165, 1.54) is 13.8 Å². The molecule has 7 atom stereocenters. The van der Waals surface area contributed by atoms with Gasteiger partial charge in [-0.1, -0.05) is 20.3 Å². The molecule has 0 spiro atoms. The predicted molar refractivity (Wildman–Crippen MR) is 101 cm³/mol. The van der Waals surface area contributed by atoms with Crippen LogP contribution in [-0.2, 0) is 19.2 Å². The van der Waals surface area contributed by atoms with E-state index in [2.05, 4.69) is 16.0 Å². The minimum atomic E-state index is -1.58. The normalized spacial score (nSPS) is 18.3. The zero-order chi connectivity index (χ0) is 22.9. The monoisotopic (exact) mass is 420 g/mol. The predicted octanol–water partition coefficient (Wildman–Crippen LogP) is -3.35. The van der Waals surface area contributed by atoms with Crippen LogP contribution in [0.1, 0.15) is 34.1 Å². The Bertz CT molecular complexity index is 584. The van der Waals surface area contributed by atoms with Gasteiger partial charge < -0.3 is 42.1 Å². The molecule has 0 aliphatic heterocycles. The maximum Gasteiger partial charge on any atom is 0.328 e. The molecule has 12 heteroatoms. The molecule has 0 saturated heterocycles. The summed E-state index contributed by atoms with van der Waals surface area (Å²) in [6.45, 7) is 5.14. The van der Waals surface area contributed by atoms with Crippen LogP contribution in [0.5, 0.6) is 0 Å². The molecule has 0 aromatic rings. The number of rotatable bonds is 12. The van der Waals surface area contributed by atoms with E-state index in [4.69, 9.17) is 15.9 Å². The molecule has 9 N–H and O–H groups in total. The van der Waals surface area contributed by atoms with Crippen molar-refractivity contribution in [2.75, 3.05) is 6.61 Å². The van der Waals surface area contributed by atoms with Crippen LogP contribution >= 0.6 is 0 Å². The number of carbonyl (C=O) groups excluding carboxylic acids is 3. The minimum absolute atomic E-state index is 0.436. The first kappa shape index (κ1) is 26.7. The van der Waals surface area contributed by atoms with E-state index in [1.807, 2.05) is 0 Å². The van der Waals surface area contributed by atoms with E-state index in [0.29, 0.717) is 6.42 Å². The first-order chi connectivity index (χ1) is 13.4. The molecular weight excluding hydrogens is 388 g/mol. The second-order valence-corrected chi connectivity index (χ2v) is 6.95. The highest BCUT2D eigenvalue weighted by Crippen LogP contribution is 2.10. The zero-order valence-electron chi connectivity index (χ0n) is 17.0. The van der Waals surface area contributed by atoms with Gasteiger partial charge in [0.1, 0.15) is 18.1 Å². The van der Waals surface area contributed by atoms with Crippen molar-refractivity contribution in [3.63, 3.8) is 0 Å². The van der Waals surface area contributed by atoms with Crippen molar-refractivity contribution in [1.82, 2.24) is 16.0 Å². The standard InChI is InChI=1S/C17H32N4O8/c1-5-7(2)11(15(26)21-13(9(4)24)17(28)29)19-16(27)12(8(3)23)20-14(25)10(18)6-22/h7-13,22-24H,5-6,18H2,1-4H3,(H,19,27)(H,20,25)(H,21,26)(H,28,29). The van der Waals surface area contributed by atoms with E-state index >= 15 is 0 Å². The SMILES string of the molecule is CCC(C)C(NC(=O)C(NC(=O)C(N)CO)C(C)O)C(=O)NC(C(=O)O)C(C)O. The topological polar surface area (TPSA) is 211 Å². The maximum atomic E-state index is 12.6. The Morgan fingerprint density at radius 2 is 1.24 bits per heavy atom. The molecule has 0 bridgehead atoms. The van der Waals surface area contributed by atoms with Crippen LogP contribution in [0.15, 0.2) is 0 Å². The number of aliphatic carboxylic acids is 1. The lowest BCUT2D eigenvalue weighted by Gasteiger charge is -2.29. The van der Waals surface area contributed by atoms with Crippen molar-refractivity contribution in [2.45, 2.75) is 70.5 Å². The summed E-state index contributed by atoms with van der Waals surface area (Å²) < 4.78 is 0. The summed E-state index contributed by atoms with van der Waals surface area (Å²) >= 11 is 0. The third-order valence-electron chi connectivity index (χ3n) is 4.44. The first-order valence-corrected chi connectivity index (χ1v) is 9.23. The van der Waals surface area contributed by atoms with E-state index in [-0.39, 0.29) is 0 Å². The number of nitrogens with two attached hydrogens (primary N) is 1. The van der Waals surface area contributed by atoms with Crippen molar-refractivity contribution < 1.29 is 39.6 Å². The summed E-state index contributed by atoms with van der Waals surface area (Å²) in [4.78, 5) is 48.2. The van der Waals surface area contributed by atoms with Crippen LogP contribution in [0.4, 0.5) is 0 Å². The molecule has 0 radical (unpaired) electrons. The summed E-state index contributed by atoms with van der Waals surface area (Å²) in [7, 11) is 0. The van der Waals surface area contributed by atoms with Gasteiger partial charge in [0.05, 0.1) is 18.8 Å². The average Bonchev–Trinajstić information content (AvgIpc) is 2.65. The summed E-state index contributed by atoms with van der Waals surface area (Å²) in [6, 6.07) is -5.55. The molecule has 168 valence electrons. The van der Waals surface area contributed by atoms with Gasteiger partial charge in [0, 0.05) is 0 Å². The molecule has 0 fully saturated rings. The van der Waals surface area contributed by atoms with Crippen LogP contribution in [0, 0.1) is 5.92 Å². The molecule has 12 nitrogen and oxygen atoms in total. The van der Waals surface area contributed by atoms with Crippen LogP contribution < -0.4 is 21.7 Å². The van der Waals surface area contributed by atoms with Crippen LogP contribution in [0.3, 0.4) is 0 Å². The number of aliphatic hydroxyl groups is 3. The molecule has 0 aromatic carbocycles. The molecular formula is C17H32N4O8. The smallest absolute Gasteiger partial charge is 0.328 e. The Morgan fingerprint density at radius 1 is 0.828 bits per heavy atom. The molecule has 7 unspecified atom stereocenters. The Balaban J connectivity index is 5.46. The summed E-state index contributed by atoms with van der Waals surface area (Å²) in [5.74, 6) is -4.51. The third-order valence-corrected chi connectivity index (χ3v) is 4.44. The van der Waals surface area contributed by atoms with Gasteiger partial charge in [0.15, 0.2) is 6.04 Å². The van der Waals surface area contributed by atoms with Gasteiger partial charge in [-0.05, 0) is 19.8 Å². The fourth-order valence-corrected chi connectivity index (χ4v) is 2.33. The lowest BCUT2D eigenvalue weighted by Crippen LogP contribution is -2.61. The van der Waals surface area contributed by atoms with Crippen molar-refractivity contribution in [3.8, 4) is 0 Å². The highest BCUT2D eigenvalue weighted by atomic mass is 16.4. The van der Waals surface area contributed by atoms with E-state index in [1.54, 1.807) is 13.8 Å². The molecule has 0 aliphatic rings. The largest absolute Gasteiger partial charge is 0.480 e. The third kappa shape index (κ3) is 8.31. The second-order valence-electron chi connectivity index (χ2n) is 6.95. The Hall–Kier alpha value is -2.28. The molecule has 29 heavy (non-hydrogen) atoms. The number of nitrogens with one attached hydrogen (secondary N) is 3. The van der Waals surface area contributed by atoms with Gasteiger partial charge in [0.25, 0.3) is 0 Å². The number of carbonyl (C=O) groups is 4. The fourth-order valence-electron chi connectivity index (χ4n) is 2.33. The average molecular weight is 420 g/mol. The molecule has 0 heterocycles. The van der Waals surface area contributed by atoms with Crippen molar-refractivity contribution in [2.24, 2.45) is 11.7 Å². The van der Waals surface area contributed by atoms with Gasteiger partial charge in [-0.3, -0.25) is 14.4 Å². The number of aliphatic hydroxyl groups excluding tert-OH is 3. The Labute approximate surface area is 168 Å². The number of hydrogen-bond acceptors (Lipinski definition) is 8. The van der Waals surface area contributed by atoms with Gasteiger partial charge in [-0.2, -0.15) is 0 Å². The highest BCUT2D eigenvalue weighted by molar-refractivity contribution is 5.94. The molecule has 3 amide bonds. The summed E-state index contributed by atoms with van der Waals surface area (Å²) in [5, 5.41) is 44.2. The van der Waals surface area contributed by atoms with E-state index < -0.39 is 72.6 Å². The molecule has 0 rings (SSSR count). The number of amides is 3. The molecule has 0 aromatic heterocycles. The van der Waals surface area contributed by atoms with Crippen molar-refractivity contribution in [3.05, 3.63) is 0 Å². The van der Waals surface area contributed by atoms with Crippen molar-refractivity contribution >= 4 is 23.7 Å². The highest BCUT2D eigenvalue weighted by Gasteiger charge is 2.35. The Kier molecular flexibility index (Phi) is 11.3. The van der Waals surface area contributed by atoms with Crippen LogP contribution in [0.2, 0.25) is 0 Å². The van der Waals surface area contributed by atoms with Crippen LogP contribution in [-0.4, -0.2) is 87.1 Å².